The zero-order valence-electron chi connectivity index (χ0n) is 29.0. The molecule has 0 radical (unpaired) electrons. The van der Waals surface area contributed by atoms with E-state index in [1.54, 1.807) is 18.2 Å². The van der Waals surface area contributed by atoms with Crippen LogP contribution < -0.4 is 22.5 Å². The van der Waals surface area contributed by atoms with Crippen LogP contribution in [0.1, 0.15) is 45.7 Å². The molecule has 52 heavy (non-hydrogen) atoms. The van der Waals surface area contributed by atoms with Gasteiger partial charge in [-0.1, -0.05) is 44.2 Å². The number of imide groups is 1. The molecule has 2 amide bonds. The average Bonchev–Trinajstić information content (AvgIpc) is 3.45. The van der Waals surface area contributed by atoms with Crippen molar-refractivity contribution < 1.29 is 14.3 Å². The Hall–Kier alpha value is -5.62. The first-order chi connectivity index (χ1) is 25.4. The molecule has 0 aromatic heterocycles. The summed E-state index contributed by atoms with van der Waals surface area (Å²) in [5, 5.41) is 0. The Morgan fingerprint density at radius 2 is 0.904 bits per heavy atom. The molecule has 7 aromatic rings. The maximum absolute atomic E-state index is 14.1. The summed E-state index contributed by atoms with van der Waals surface area (Å²) in [6.07, 6.45) is 0. The minimum absolute atomic E-state index is 0.173. The van der Waals surface area contributed by atoms with E-state index in [0.717, 1.165) is 3.22 Å². The molecular formula is C47H37NO3Po. The Kier molecular flexibility index (Phi) is 8.92. The molecule has 7 aromatic carbocycles. The second kappa shape index (κ2) is 13.8. The van der Waals surface area contributed by atoms with Crippen LogP contribution in [0, 0.1) is 0 Å². The summed E-state index contributed by atoms with van der Waals surface area (Å²) >= 11 is -3.94. The first-order valence-electron chi connectivity index (χ1n) is 17.3. The molecule has 1 aliphatic rings. The number of nitrogens with zero attached hydrogens (tertiary/aromatic N) is 1. The van der Waals surface area contributed by atoms with Gasteiger partial charge in [0.15, 0.2) is 0 Å². The van der Waals surface area contributed by atoms with E-state index in [0.29, 0.717) is 28.3 Å². The van der Waals surface area contributed by atoms with Gasteiger partial charge in [-0.2, -0.15) is 0 Å². The number of ether oxygens (including phenoxy) is 1. The van der Waals surface area contributed by atoms with Crippen molar-refractivity contribution in [2.45, 2.75) is 19.3 Å². The van der Waals surface area contributed by atoms with Crippen LogP contribution in [0.2, 0.25) is 0 Å². The van der Waals surface area contributed by atoms with E-state index in [4.69, 9.17) is 4.74 Å². The van der Waals surface area contributed by atoms with Crippen LogP contribution >= 0.6 is 0 Å². The molecule has 1 aliphatic heterocycles. The van der Waals surface area contributed by atoms with Crippen LogP contribution in [0.5, 0.6) is 11.5 Å². The van der Waals surface area contributed by atoms with Gasteiger partial charge in [0.1, 0.15) is 0 Å². The Labute approximate surface area is 309 Å². The van der Waals surface area contributed by atoms with Gasteiger partial charge in [-0.25, -0.2) is 0 Å². The van der Waals surface area contributed by atoms with Gasteiger partial charge in [0.05, 0.1) is 0 Å². The summed E-state index contributed by atoms with van der Waals surface area (Å²) in [7, 11) is 0. The number of carbonyl (C=O) groups is 2. The molecule has 0 unspecified atom stereocenters. The number of rotatable bonds is 9. The third kappa shape index (κ3) is 5.86. The minimum atomic E-state index is -3.94. The predicted molar refractivity (Wildman–Crippen MR) is 213 cm³/mol. The molecule has 4 nitrogen and oxygen atoms in total. The van der Waals surface area contributed by atoms with Crippen LogP contribution in [-0.4, -0.2) is 32.4 Å². The van der Waals surface area contributed by atoms with Gasteiger partial charge in [0.2, 0.25) is 0 Å². The first-order valence-corrected chi connectivity index (χ1v) is 23.7. The van der Waals surface area contributed by atoms with Crippen molar-refractivity contribution in [3.05, 3.63) is 210 Å². The molecule has 0 spiro atoms. The molecule has 8 rings (SSSR count). The molecule has 0 N–H and O–H groups in total. The maximum atomic E-state index is 14.1. The zero-order chi connectivity index (χ0) is 35.7. The molecule has 1 heterocycles. The van der Waals surface area contributed by atoms with Crippen LogP contribution in [0.15, 0.2) is 188 Å². The zero-order valence-corrected chi connectivity index (χ0v) is 32.2. The summed E-state index contributed by atoms with van der Waals surface area (Å²) in [6.45, 7) is 4.41. The van der Waals surface area contributed by atoms with E-state index in [1.807, 2.05) is 48.5 Å². The third-order valence-corrected chi connectivity index (χ3v) is 25.0. The van der Waals surface area contributed by atoms with Gasteiger partial charge < -0.3 is 0 Å². The fourth-order valence-corrected chi connectivity index (χ4v) is 22.3. The standard InChI is InChI=1S/C29H22NO3.3C6H5.Po/c1-29(2,20-9-5-3-6-10-20)21-13-15-23(16-14-21)33-24-17-18-25-26(19-24)28(32)30(27(25)31)22-11-7-4-8-12-22;3*1-2-4-6-5-3-1;/h3-7,9-19H,1-2H3;3*1-5H;. The van der Waals surface area contributed by atoms with Gasteiger partial charge in [-0.05, 0) is 11.1 Å². The van der Waals surface area contributed by atoms with Gasteiger partial charge in [-0.15, -0.1) is 0 Å². The summed E-state index contributed by atoms with van der Waals surface area (Å²) in [5.74, 6) is 0.455. The quantitative estimate of drug-likeness (QED) is 0.138. The number of hydrogen-bond acceptors (Lipinski definition) is 3. The second-order valence-electron chi connectivity index (χ2n) is 13.3. The van der Waals surface area contributed by atoms with E-state index < -0.39 is 20.6 Å². The van der Waals surface area contributed by atoms with Crippen LogP contribution in [0.4, 0.5) is 5.69 Å². The van der Waals surface area contributed by atoms with Crippen LogP contribution in [0.3, 0.4) is 0 Å². The molecule has 0 saturated heterocycles. The number of anilines is 1. The molecule has 0 fully saturated rings. The molecule has 0 saturated carbocycles. The van der Waals surface area contributed by atoms with Crippen LogP contribution in [-0.2, 0) is 5.41 Å². The number of carbonyl (C=O) groups excluding carboxylic acids is 2. The number of benzene rings is 7. The van der Waals surface area contributed by atoms with Gasteiger partial charge >= 0.3 is 251 Å². The van der Waals surface area contributed by atoms with Crippen molar-refractivity contribution in [3.8, 4) is 11.5 Å². The number of amides is 2. The van der Waals surface area contributed by atoms with Crippen LogP contribution in [0.25, 0.3) is 0 Å². The molecule has 254 valence electrons. The van der Waals surface area contributed by atoms with E-state index in [9.17, 15) is 9.59 Å². The number of hydrogen-bond donors (Lipinski definition) is 0. The summed E-state index contributed by atoms with van der Waals surface area (Å²) < 4.78 is 11.2. The summed E-state index contributed by atoms with van der Waals surface area (Å²) in [5.41, 5.74) is 3.48. The molecule has 0 atom stereocenters. The van der Waals surface area contributed by atoms with Gasteiger partial charge in [-0.3, -0.25) is 0 Å². The van der Waals surface area contributed by atoms with Crippen molar-refractivity contribution in [1.82, 2.24) is 0 Å². The van der Waals surface area contributed by atoms with E-state index in [2.05, 4.69) is 135 Å². The van der Waals surface area contributed by atoms with Crippen molar-refractivity contribution in [3.63, 3.8) is 0 Å². The topological polar surface area (TPSA) is 46.6 Å². The Morgan fingerprint density at radius 3 is 1.46 bits per heavy atom. The molecule has 0 aliphatic carbocycles. The molecular weight excluding hydrogens is 836 g/mol. The van der Waals surface area contributed by atoms with Crippen molar-refractivity contribution in [2.24, 2.45) is 0 Å². The summed E-state index contributed by atoms with van der Waals surface area (Å²) in [4.78, 5) is 29.4. The fourth-order valence-electron chi connectivity index (χ4n) is 7.12. The van der Waals surface area contributed by atoms with Crippen molar-refractivity contribution in [2.75, 3.05) is 4.90 Å². The van der Waals surface area contributed by atoms with Crippen molar-refractivity contribution in [1.29, 1.82) is 0 Å². The molecule has 5 heteroatoms. The third-order valence-electron chi connectivity index (χ3n) is 9.88. The van der Waals surface area contributed by atoms with Gasteiger partial charge in [0, 0.05) is 5.41 Å². The first kappa shape index (κ1) is 33.5. The Balaban J connectivity index is 1.13. The molecule has 0 bridgehead atoms. The fraction of sp³-hybridized carbons (Fsp3) is 0.0638. The van der Waals surface area contributed by atoms with E-state index in [1.165, 1.54) is 25.7 Å². The SMILES string of the molecule is CC(C)(c1ccccc1)c1ccc(Oc2ccc3c(c2)C(=O)N(c2ccc[c]([Po]([c]4ccccc4)([c]4ccccc4)[c]4ccccc4)c2)C3=O)cc1. The van der Waals surface area contributed by atoms with Gasteiger partial charge in [0.25, 0.3) is 0 Å². The number of fused-ring (bicyclic) bond motifs is 1. The van der Waals surface area contributed by atoms with E-state index >= 15 is 0 Å². The summed E-state index contributed by atoms with van der Waals surface area (Å²) in [6, 6.07) is 63.8. The Bertz CT molecular complexity index is 2280. The average molecular weight is 873 g/mol. The predicted octanol–water partition coefficient (Wildman–Crippen LogP) is 7.98. The Morgan fingerprint density at radius 1 is 0.442 bits per heavy atom. The normalized spacial score (nSPS) is 13.2. The second-order valence-corrected chi connectivity index (χ2v) is 25.4. The van der Waals surface area contributed by atoms with E-state index in [-0.39, 0.29) is 17.2 Å². The monoisotopic (exact) mass is 872 g/mol. The van der Waals surface area contributed by atoms with Crippen molar-refractivity contribution >= 4 is 51.0 Å².